The first-order valence-electron chi connectivity index (χ1n) is 4.98. The number of sulfonamides is 1. The third-order valence-electron chi connectivity index (χ3n) is 2.20. The zero-order chi connectivity index (χ0) is 13.1. The standard InChI is InChI=1S/C11H14N2O3S/c1-8-5-10(7-12)6-9(2)11(8)16-3-4-17(13,14)15/h5-6H,3-4H2,1-2H3,(H2,13,14,15). The molecule has 92 valence electrons. The van der Waals surface area contributed by atoms with E-state index in [1.807, 2.05) is 6.07 Å². The molecule has 6 heteroatoms. The number of aryl methyl sites for hydroxylation is 2. The number of rotatable bonds is 4. The van der Waals surface area contributed by atoms with Gasteiger partial charge in [0.15, 0.2) is 0 Å². The molecule has 0 aliphatic carbocycles. The third-order valence-corrected chi connectivity index (χ3v) is 2.94. The van der Waals surface area contributed by atoms with Crippen LogP contribution >= 0.6 is 0 Å². The van der Waals surface area contributed by atoms with Gasteiger partial charge in [-0.15, -0.1) is 0 Å². The highest BCUT2D eigenvalue weighted by molar-refractivity contribution is 7.89. The number of nitrogens with two attached hydrogens (primary N) is 1. The molecular formula is C11H14N2O3S. The van der Waals surface area contributed by atoms with Gasteiger partial charge in [-0.05, 0) is 37.1 Å². The lowest BCUT2D eigenvalue weighted by molar-refractivity contribution is 0.336. The Morgan fingerprint density at radius 1 is 1.35 bits per heavy atom. The Morgan fingerprint density at radius 3 is 2.29 bits per heavy atom. The minimum atomic E-state index is -3.51. The van der Waals surface area contributed by atoms with E-state index in [0.29, 0.717) is 11.3 Å². The molecular weight excluding hydrogens is 240 g/mol. The Kier molecular flexibility index (Phi) is 4.10. The average molecular weight is 254 g/mol. The fraction of sp³-hybridized carbons (Fsp3) is 0.364. The van der Waals surface area contributed by atoms with Gasteiger partial charge in [0.25, 0.3) is 0 Å². The molecule has 0 aliphatic heterocycles. The second kappa shape index (κ2) is 5.17. The molecule has 0 radical (unpaired) electrons. The van der Waals surface area contributed by atoms with Crippen LogP contribution in [0.2, 0.25) is 0 Å². The van der Waals surface area contributed by atoms with Gasteiger partial charge in [0.1, 0.15) is 12.4 Å². The monoisotopic (exact) mass is 254 g/mol. The second-order valence-corrected chi connectivity index (χ2v) is 5.50. The molecule has 0 heterocycles. The lowest BCUT2D eigenvalue weighted by Crippen LogP contribution is -2.21. The van der Waals surface area contributed by atoms with E-state index in [1.165, 1.54) is 0 Å². The number of ether oxygens (including phenoxy) is 1. The van der Waals surface area contributed by atoms with Crippen LogP contribution in [0.25, 0.3) is 0 Å². The summed E-state index contributed by atoms with van der Waals surface area (Å²) in [5, 5.41) is 13.6. The molecule has 1 aromatic carbocycles. The highest BCUT2D eigenvalue weighted by Gasteiger charge is 2.08. The van der Waals surface area contributed by atoms with Crippen molar-refractivity contribution in [3.8, 4) is 11.8 Å². The Morgan fingerprint density at radius 2 is 1.88 bits per heavy atom. The lowest BCUT2D eigenvalue weighted by Gasteiger charge is -2.11. The summed E-state index contributed by atoms with van der Waals surface area (Å²) in [6, 6.07) is 5.43. The van der Waals surface area contributed by atoms with Crippen LogP contribution in [0.5, 0.6) is 5.75 Å². The van der Waals surface area contributed by atoms with Crippen molar-refractivity contribution in [1.29, 1.82) is 5.26 Å². The molecule has 0 unspecified atom stereocenters. The first-order valence-corrected chi connectivity index (χ1v) is 6.69. The Hall–Kier alpha value is -1.58. The van der Waals surface area contributed by atoms with E-state index in [2.05, 4.69) is 0 Å². The van der Waals surface area contributed by atoms with Gasteiger partial charge in [-0.3, -0.25) is 0 Å². The van der Waals surface area contributed by atoms with Gasteiger partial charge in [0.2, 0.25) is 10.0 Å². The maximum Gasteiger partial charge on any atom is 0.212 e. The first kappa shape index (κ1) is 13.5. The lowest BCUT2D eigenvalue weighted by atomic mass is 10.1. The number of hydrogen-bond acceptors (Lipinski definition) is 4. The van der Waals surface area contributed by atoms with Crippen LogP contribution in [0.1, 0.15) is 16.7 Å². The molecule has 1 aromatic rings. The van der Waals surface area contributed by atoms with Crippen LogP contribution < -0.4 is 9.88 Å². The summed E-state index contributed by atoms with van der Waals surface area (Å²) in [6.45, 7) is 3.62. The SMILES string of the molecule is Cc1cc(C#N)cc(C)c1OCCS(N)(=O)=O. The molecule has 0 atom stereocenters. The van der Waals surface area contributed by atoms with Crippen molar-refractivity contribution < 1.29 is 13.2 Å². The van der Waals surface area contributed by atoms with Crippen LogP contribution in [0, 0.1) is 25.2 Å². The summed E-state index contributed by atoms with van der Waals surface area (Å²) in [5.41, 5.74) is 2.16. The summed E-state index contributed by atoms with van der Waals surface area (Å²) < 4.78 is 26.9. The Balaban J connectivity index is 2.83. The van der Waals surface area contributed by atoms with Crippen LogP contribution in [-0.2, 0) is 10.0 Å². The number of nitriles is 1. The number of nitrogens with zero attached hydrogens (tertiary/aromatic N) is 1. The molecule has 0 saturated heterocycles. The van der Waals surface area contributed by atoms with E-state index in [9.17, 15) is 8.42 Å². The van der Waals surface area contributed by atoms with Gasteiger partial charge in [-0.25, -0.2) is 13.6 Å². The minimum absolute atomic E-state index is 0.00636. The highest BCUT2D eigenvalue weighted by atomic mass is 32.2. The summed E-state index contributed by atoms with van der Waals surface area (Å²) in [5.74, 6) is 0.374. The third kappa shape index (κ3) is 4.06. The van der Waals surface area contributed by atoms with E-state index in [-0.39, 0.29) is 12.4 Å². The van der Waals surface area contributed by atoms with Gasteiger partial charge in [0, 0.05) is 0 Å². The summed E-state index contributed by atoms with van der Waals surface area (Å²) in [6.07, 6.45) is 0. The molecule has 1 rings (SSSR count). The van der Waals surface area contributed by atoms with Gasteiger partial charge in [-0.1, -0.05) is 0 Å². The van der Waals surface area contributed by atoms with Crippen LogP contribution in [0.3, 0.4) is 0 Å². The fourth-order valence-corrected chi connectivity index (χ4v) is 1.82. The molecule has 0 aromatic heterocycles. The van der Waals surface area contributed by atoms with E-state index in [1.54, 1.807) is 26.0 Å². The highest BCUT2D eigenvalue weighted by Crippen LogP contribution is 2.24. The van der Waals surface area contributed by atoms with Crippen molar-refractivity contribution >= 4 is 10.0 Å². The maximum atomic E-state index is 10.7. The van der Waals surface area contributed by atoms with Gasteiger partial charge in [0.05, 0.1) is 17.4 Å². The number of benzene rings is 1. The molecule has 0 aliphatic rings. The van der Waals surface area contributed by atoms with E-state index in [0.717, 1.165) is 11.1 Å². The molecule has 5 nitrogen and oxygen atoms in total. The Bertz CT molecular complexity index is 536. The maximum absolute atomic E-state index is 10.7. The fourth-order valence-electron chi connectivity index (χ4n) is 1.50. The average Bonchev–Trinajstić information content (AvgIpc) is 2.20. The van der Waals surface area contributed by atoms with Crippen molar-refractivity contribution in [2.75, 3.05) is 12.4 Å². The van der Waals surface area contributed by atoms with Crippen molar-refractivity contribution in [2.24, 2.45) is 5.14 Å². The van der Waals surface area contributed by atoms with Crippen LogP contribution in [-0.4, -0.2) is 20.8 Å². The molecule has 2 N–H and O–H groups in total. The van der Waals surface area contributed by atoms with E-state index >= 15 is 0 Å². The quantitative estimate of drug-likeness (QED) is 0.861. The van der Waals surface area contributed by atoms with Gasteiger partial charge >= 0.3 is 0 Å². The predicted molar refractivity (Wildman–Crippen MR) is 64.1 cm³/mol. The molecule has 0 amide bonds. The largest absolute Gasteiger partial charge is 0.492 e. The molecule has 0 saturated carbocycles. The van der Waals surface area contributed by atoms with Gasteiger partial charge in [-0.2, -0.15) is 5.26 Å². The molecule has 0 spiro atoms. The van der Waals surface area contributed by atoms with Crippen molar-refractivity contribution in [3.63, 3.8) is 0 Å². The van der Waals surface area contributed by atoms with Crippen LogP contribution in [0.4, 0.5) is 0 Å². The first-order chi connectivity index (χ1) is 7.83. The zero-order valence-electron chi connectivity index (χ0n) is 9.73. The van der Waals surface area contributed by atoms with E-state index < -0.39 is 10.0 Å². The molecule has 17 heavy (non-hydrogen) atoms. The number of primary sulfonamides is 1. The van der Waals surface area contributed by atoms with Gasteiger partial charge < -0.3 is 4.74 Å². The molecule has 0 bridgehead atoms. The van der Waals surface area contributed by atoms with E-state index in [4.69, 9.17) is 15.1 Å². The summed E-state index contributed by atoms with van der Waals surface area (Å²) >= 11 is 0. The zero-order valence-corrected chi connectivity index (χ0v) is 10.5. The molecule has 0 fully saturated rings. The Labute approximate surface area is 101 Å². The number of hydrogen-bond donors (Lipinski definition) is 1. The second-order valence-electron chi connectivity index (χ2n) is 3.77. The van der Waals surface area contributed by atoms with Crippen LogP contribution in [0.15, 0.2) is 12.1 Å². The normalized spacial score (nSPS) is 10.9. The predicted octanol–water partition coefficient (Wildman–Crippen LogP) is 0.842. The van der Waals surface area contributed by atoms with Crippen molar-refractivity contribution in [2.45, 2.75) is 13.8 Å². The van der Waals surface area contributed by atoms with Crippen molar-refractivity contribution in [1.82, 2.24) is 0 Å². The summed E-state index contributed by atoms with van der Waals surface area (Å²) in [4.78, 5) is 0. The minimum Gasteiger partial charge on any atom is -0.492 e. The van der Waals surface area contributed by atoms with Crippen molar-refractivity contribution in [3.05, 3.63) is 28.8 Å². The smallest absolute Gasteiger partial charge is 0.212 e. The summed E-state index contributed by atoms with van der Waals surface area (Å²) in [7, 11) is -3.51. The topological polar surface area (TPSA) is 93.2 Å².